The first-order valence-electron chi connectivity index (χ1n) is 5.10. The number of hydrogen-bond acceptors (Lipinski definition) is 6. The van der Waals surface area contributed by atoms with Crippen LogP contribution in [-0.4, -0.2) is 35.8 Å². The molecule has 0 saturated heterocycles. The van der Waals surface area contributed by atoms with Crippen LogP contribution in [0.4, 0.5) is 27.8 Å². The SMILES string of the molecule is COCc1nc(NN)cc(OCC(F)(F)C(F)(F)F)n1. The van der Waals surface area contributed by atoms with Gasteiger partial charge in [0.15, 0.2) is 12.4 Å². The predicted molar refractivity (Wildman–Crippen MR) is 57.1 cm³/mol. The van der Waals surface area contributed by atoms with Gasteiger partial charge in [-0.15, -0.1) is 0 Å². The number of anilines is 1. The molecule has 0 radical (unpaired) electrons. The third-order valence-corrected chi connectivity index (χ3v) is 1.99. The number of ether oxygens (including phenoxy) is 2. The zero-order valence-electron chi connectivity index (χ0n) is 10.2. The van der Waals surface area contributed by atoms with Crippen LogP contribution in [0.2, 0.25) is 0 Å². The van der Waals surface area contributed by atoms with E-state index in [2.05, 4.69) is 20.1 Å². The van der Waals surface area contributed by atoms with Gasteiger partial charge in [0.25, 0.3) is 0 Å². The number of hydrazine groups is 1. The summed E-state index contributed by atoms with van der Waals surface area (Å²) in [6.45, 7) is -1.99. The van der Waals surface area contributed by atoms with E-state index in [-0.39, 0.29) is 18.2 Å². The fraction of sp³-hybridized carbons (Fsp3) is 0.556. The number of hydrogen-bond donors (Lipinski definition) is 2. The van der Waals surface area contributed by atoms with Crippen molar-refractivity contribution in [1.82, 2.24) is 9.97 Å². The average molecular weight is 302 g/mol. The second-order valence-corrected chi connectivity index (χ2v) is 3.58. The topological polar surface area (TPSA) is 82.3 Å². The van der Waals surface area contributed by atoms with Crippen molar-refractivity contribution in [3.05, 3.63) is 11.9 Å². The van der Waals surface area contributed by atoms with Crippen LogP contribution in [0.3, 0.4) is 0 Å². The molecule has 0 spiro atoms. The van der Waals surface area contributed by atoms with Crippen LogP contribution in [0.15, 0.2) is 6.07 Å². The summed E-state index contributed by atoms with van der Waals surface area (Å²) in [7, 11) is 1.32. The Morgan fingerprint density at radius 3 is 2.40 bits per heavy atom. The number of methoxy groups -OCH3 is 1. The Morgan fingerprint density at radius 2 is 1.90 bits per heavy atom. The van der Waals surface area contributed by atoms with Crippen molar-refractivity contribution in [2.24, 2.45) is 5.84 Å². The minimum absolute atomic E-state index is 0.00766. The number of nitrogens with two attached hydrogens (primary N) is 1. The highest BCUT2D eigenvalue weighted by Crippen LogP contribution is 2.35. The molecule has 0 aromatic carbocycles. The molecule has 3 N–H and O–H groups in total. The van der Waals surface area contributed by atoms with E-state index in [1.165, 1.54) is 7.11 Å². The number of halogens is 5. The first kappa shape index (κ1) is 16.3. The van der Waals surface area contributed by atoms with Crippen molar-refractivity contribution in [2.75, 3.05) is 19.1 Å². The number of rotatable bonds is 6. The molecule has 1 aromatic heterocycles. The first-order valence-corrected chi connectivity index (χ1v) is 5.10. The molecule has 0 atom stereocenters. The van der Waals surface area contributed by atoms with E-state index in [1.807, 2.05) is 0 Å². The van der Waals surface area contributed by atoms with E-state index in [0.717, 1.165) is 6.07 Å². The lowest BCUT2D eigenvalue weighted by Gasteiger charge is -2.19. The summed E-state index contributed by atoms with van der Waals surface area (Å²) in [4.78, 5) is 7.37. The minimum atomic E-state index is -5.70. The lowest BCUT2D eigenvalue weighted by Crippen LogP contribution is -2.41. The molecule has 0 saturated carbocycles. The van der Waals surface area contributed by atoms with Crippen molar-refractivity contribution in [3.8, 4) is 5.88 Å². The molecule has 1 rings (SSSR count). The Labute approximate surface area is 110 Å². The van der Waals surface area contributed by atoms with Crippen LogP contribution in [0.25, 0.3) is 0 Å². The van der Waals surface area contributed by atoms with Gasteiger partial charge in [0, 0.05) is 13.2 Å². The molecule has 0 aliphatic heterocycles. The van der Waals surface area contributed by atoms with E-state index in [1.54, 1.807) is 0 Å². The molecule has 20 heavy (non-hydrogen) atoms. The molecule has 11 heteroatoms. The Kier molecular flexibility index (Phi) is 5.00. The summed E-state index contributed by atoms with van der Waals surface area (Å²) in [6.07, 6.45) is -5.70. The Morgan fingerprint density at radius 1 is 1.25 bits per heavy atom. The second-order valence-electron chi connectivity index (χ2n) is 3.58. The van der Waals surface area contributed by atoms with Crippen LogP contribution in [0.5, 0.6) is 5.88 Å². The van der Waals surface area contributed by atoms with Crippen LogP contribution >= 0.6 is 0 Å². The van der Waals surface area contributed by atoms with E-state index in [4.69, 9.17) is 10.6 Å². The van der Waals surface area contributed by atoms with Gasteiger partial charge in [-0.25, -0.2) is 10.8 Å². The highest BCUT2D eigenvalue weighted by molar-refractivity contribution is 5.36. The lowest BCUT2D eigenvalue weighted by atomic mass is 10.3. The third kappa shape index (κ3) is 4.13. The van der Waals surface area contributed by atoms with Crippen LogP contribution in [0, 0.1) is 0 Å². The van der Waals surface area contributed by atoms with Crippen LogP contribution in [-0.2, 0) is 11.3 Å². The molecule has 1 aromatic rings. The van der Waals surface area contributed by atoms with Gasteiger partial charge in [0.05, 0.1) is 0 Å². The Balaban J connectivity index is 2.84. The average Bonchev–Trinajstić information content (AvgIpc) is 2.35. The van der Waals surface area contributed by atoms with Crippen LogP contribution in [0.1, 0.15) is 5.82 Å². The van der Waals surface area contributed by atoms with Gasteiger partial charge in [-0.05, 0) is 0 Å². The molecular weight excluding hydrogens is 291 g/mol. The monoisotopic (exact) mass is 302 g/mol. The van der Waals surface area contributed by atoms with Crippen molar-refractivity contribution in [3.63, 3.8) is 0 Å². The number of alkyl halides is 5. The smallest absolute Gasteiger partial charge is 0.456 e. The molecular formula is C9H11F5N4O2. The summed E-state index contributed by atoms with van der Waals surface area (Å²) in [5, 5.41) is 0. The summed E-state index contributed by atoms with van der Waals surface area (Å²) in [6, 6.07) is 0.978. The van der Waals surface area contributed by atoms with E-state index >= 15 is 0 Å². The standard InChI is InChI=1S/C9H11F5N4O2/c1-19-3-6-16-5(18-15)2-7(17-6)20-4-8(10,11)9(12,13)14/h2H,3-4,15H2,1H3,(H,16,17,18). The summed E-state index contributed by atoms with van der Waals surface area (Å²) in [5.41, 5.74) is 2.10. The van der Waals surface area contributed by atoms with E-state index < -0.39 is 24.6 Å². The van der Waals surface area contributed by atoms with Crippen LogP contribution < -0.4 is 16.0 Å². The highest BCUT2D eigenvalue weighted by atomic mass is 19.4. The third-order valence-electron chi connectivity index (χ3n) is 1.99. The van der Waals surface area contributed by atoms with Gasteiger partial charge in [0.1, 0.15) is 12.4 Å². The second kappa shape index (κ2) is 6.13. The number of nitrogen functional groups attached to an aromatic ring is 1. The van der Waals surface area contributed by atoms with Crippen molar-refractivity contribution >= 4 is 5.82 Å². The van der Waals surface area contributed by atoms with E-state index in [9.17, 15) is 22.0 Å². The van der Waals surface area contributed by atoms with Gasteiger partial charge in [-0.1, -0.05) is 0 Å². The van der Waals surface area contributed by atoms with Gasteiger partial charge in [-0.2, -0.15) is 26.9 Å². The van der Waals surface area contributed by atoms with E-state index in [0.29, 0.717) is 0 Å². The largest absolute Gasteiger partial charge is 0.471 e. The summed E-state index contributed by atoms with van der Waals surface area (Å²) >= 11 is 0. The fourth-order valence-corrected chi connectivity index (χ4v) is 1.06. The molecule has 0 amide bonds. The van der Waals surface area contributed by atoms with Crippen molar-refractivity contribution < 1.29 is 31.4 Å². The number of aromatic nitrogens is 2. The zero-order chi connectivity index (χ0) is 15.4. The summed E-state index contributed by atoms with van der Waals surface area (Å²) < 4.78 is 70.3. The molecule has 114 valence electrons. The Bertz CT molecular complexity index is 454. The maximum atomic E-state index is 12.7. The molecule has 0 aliphatic rings. The van der Waals surface area contributed by atoms with Gasteiger partial charge >= 0.3 is 12.1 Å². The molecule has 6 nitrogen and oxygen atoms in total. The Hall–Kier alpha value is -1.75. The maximum absolute atomic E-state index is 12.7. The quantitative estimate of drug-likeness (QED) is 0.470. The maximum Gasteiger partial charge on any atom is 0.456 e. The normalized spacial score (nSPS) is 12.3. The molecule has 0 fully saturated rings. The highest BCUT2D eigenvalue weighted by Gasteiger charge is 2.58. The minimum Gasteiger partial charge on any atom is -0.471 e. The molecule has 0 unspecified atom stereocenters. The molecule has 1 heterocycles. The lowest BCUT2D eigenvalue weighted by molar-refractivity contribution is -0.290. The zero-order valence-corrected chi connectivity index (χ0v) is 10.2. The molecule has 0 aliphatic carbocycles. The van der Waals surface area contributed by atoms with Crippen molar-refractivity contribution in [2.45, 2.75) is 18.7 Å². The predicted octanol–water partition coefficient (Wildman–Crippen LogP) is 1.48. The number of nitrogens with one attached hydrogen (secondary N) is 1. The van der Waals surface area contributed by atoms with Gasteiger partial charge in [-0.3, -0.25) is 0 Å². The van der Waals surface area contributed by atoms with Gasteiger partial charge < -0.3 is 14.9 Å². The number of nitrogens with zero attached hydrogens (tertiary/aromatic N) is 2. The first-order chi connectivity index (χ1) is 9.19. The van der Waals surface area contributed by atoms with Gasteiger partial charge in [0.2, 0.25) is 5.88 Å². The molecule has 0 bridgehead atoms. The fourth-order valence-electron chi connectivity index (χ4n) is 1.06. The summed E-state index contributed by atoms with van der Waals surface area (Å²) in [5.74, 6) is -0.411. The van der Waals surface area contributed by atoms with Crippen molar-refractivity contribution in [1.29, 1.82) is 0 Å².